The SMILES string of the molecule is Cc1cc(C)c2sc(N(CCN(C)C)C(=O)c3ccc(N(C)C)cc3)nc2c1. The van der Waals surface area contributed by atoms with Gasteiger partial charge in [-0.25, -0.2) is 4.98 Å². The van der Waals surface area contributed by atoms with Crippen LogP contribution in [0.5, 0.6) is 0 Å². The highest BCUT2D eigenvalue weighted by Gasteiger charge is 2.22. The fraction of sp³-hybridized carbons (Fsp3) is 0.364. The molecule has 148 valence electrons. The van der Waals surface area contributed by atoms with Crippen molar-refractivity contribution < 1.29 is 4.79 Å². The molecule has 5 nitrogen and oxygen atoms in total. The molecule has 3 rings (SSSR count). The second kappa shape index (κ2) is 8.29. The lowest BCUT2D eigenvalue weighted by molar-refractivity contribution is 0.0985. The van der Waals surface area contributed by atoms with E-state index >= 15 is 0 Å². The van der Waals surface area contributed by atoms with Gasteiger partial charge < -0.3 is 9.80 Å². The van der Waals surface area contributed by atoms with Crippen LogP contribution in [-0.4, -0.2) is 57.1 Å². The molecule has 0 fully saturated rings. The van der Waals surface area contributed by atoms with Crippen LogP contribution in [0.1, 0.15) is 21.5 Å². The molecule has 1 heterocycles. The summed E-state index contributed by atoms with van der Waals surface area (Å²) in [5.74, 6) is -0.0133. The number of nitrogens with zero attached hydrogens (tertiary/aromatic N) is 4. The van der Waals surface area contributed by atoms with E-state index < -0.39 is 0 Å². The Balaban J connectivity index is 1.98. The Morgan fingerprint density at radius 3 is 2.29 bits per heavy atom. The lowest BCUT2D eigenvalue weighted by atomic mass is 10.1. The number of aromatic nitrogens is 1. The Morgan fingerprint density at radius 2 is 1.68 bits per heavy atom. The van der Waals surface area contributed by atoms with Gasteiger partial charge >= 0.3 is 0 Å². The fourth-order valence-corrected chi connectivity index (χ4v) is 4.16. The van der Waals surface area contributed by atoms with Gasteiger partial charge in [0.05, 0.1) is 10.2 Å². The molecule has 0 radical (unpaired) electrons. The van der Waals surface area contributed by atoms with Gasteiger partial charge in [-0.1, -0.05) is 17.4 Å². The van der Waals surface area contributed by atoms with E-state index in [9.17, 15) is 4.79 Å². The number of fused-ring (bicyclic) bond motifs is 1. The summed E-state index contributed by atoms with van der Waals surface area (Å²) in [6, 6.07) is 12.0. The third kappa shape index (κ3) is 4.34. The van der Waals surface area contributed by atoms with E-state index in [0.29, 0.717) is 12.1 Å². The molecule has 0 spiro atoms. The molecule has 0 aliphatic heterocycles. The summed E-state index contributed by atoms with van der Waals surface area (Å²) in [6.07, 6.45) is 0. The summed E-state index contributed by atoms with van der Waals surface area (Å²) in [7, 11) is 8.01. The van der Waals surface area contributed by atoms with Crippen LogP contribution in [0.3, 0.4) is 0 Å². The largest absolute Gasteiger partial charge is 0.378 e. The van der Waals surface area contributed by atoms with Crippen molar-refractivity contribution in [1.82, 2.24) is 9.88 Å². The van der Waals surface area contributed by atoms with Gasteiger partial charge in [0.2, 0.25) is 0 Å². The van der Waals surface area contributed by atoms with Crippen LogP contribution in [0, 0.1) is 13.8 Å². The maximum atomic E-state index is 13.3. The van der Waals surface area contributed by atoms with Crippen LogP contribution >= 0.6 is 11.3 Å². The summed E-state index contributed by atoms with van der Waals surface area (Å²) in [6.45, 7) is 5.55. The number of benzene rings is 2. The number of aryl methyl sites for hydroxylation is 2. The molecule has 0 aliphatic carbocycles. The lowest BCUT2D eigenvalue weighted by Gasteiger charge is -2.22. The topological polar surface area (TPSA) is 39.7 Å². The van der Waals surface area contributed by atoms with Crippen molar-refractivity contribution in [2.45, 2.75) is 13.8 Å². The fourth-order valence-electron chi connectivity index (χ4n) is 3.12. The summed E-state index contributed by atoms with van der Waals surface area (Å²) >= 11 is 1.59. The number of amides is 1. The van der Waals surface area contributed by atoms with Crippen LogP contribution < -0.4 is 9.80 Å². The minimum absolute atomic E-state index is 0.0133. The van der Waals surface area contributed by atoms with E-state index in [1.165, 1.54) is 11.1 Å². The average Bonchev–Trinajstić information content (AvgIpc) is 3.05. The summed E-state index contributed by atoms with van der Waals surface area (Å²) in [5, 5.41) is 0.757. The van der Waals surface area contributed by atoms with Crippen LogP contribution in [-0.2, 0) is 0 Å². The molecule has 1 aromatic heterocycles. The van der Waals surface area contributed by atoms with Crippen molar-refractivity contribution >= 4 is 38.3 Å². The summed E-state index contributed by atoms with van der Waals surface area (Å²) in [4.78, 5) is 24.0. The number of hydrogen-bond donors (Lipinski definition) is 0. The normalized spacial score (nSPS) is 11.2. The molecule has 0 aliphatic rings. The molecule has 0 atom stereocenters. The van der Waals surface area contributed by atoms with Crippen molar-refractivity contribution in [3.63, 3.8) is 0 Å². The average molecular weight is 397 g/mol. The molecule has 28 heavy (non-hydrogen) atoms. The molecule has 0 saturated heterocycles. The molecule has 0 saturated carbocycles. The summed E-state index contributed by atoms with van der Waals surface area (Å²) < 4.78 is 1.14. The predicted molar refractivity (Wildman–Crippen MR) is 120 cm³/mol. The maximum absolute atomic E-state index is 13.3. The van der Waals surface area contributed by atoms with Gasteiger partial charge in [0.1, 0.15) is 0 Å². The van der Waals surface area contributed by atoms with Gasteiger partial charge in [-0.15, -0.1) is 0 Å². The first kappa shape index (κ1) is 20.3. The number of likely N-dealkylation sites (N-methyl/N-ethyl adjacent to an activating group) is 1. The minimum Gasteiger partial charge on any atom is -0.378 e. The number of anilines is 2. The van der Waals surface area contributed by atoms with Crippen molar-refractivity contribution in [1.29, 1.82) is 0 Å². The van der Waals surface area contributed by atoms with Crippen LogP contribution in [0.25, 0.3) is 10.2 Å². The molecule has 0 unspecified atom stereocenters. The summed E-state index contributed by atoms with van der Waals surface area (Å²) in [5.41, 5.74) is 5.10. The van der Waals surface area contributed by atoms with Crippen LogP contribution in [0.2, 0.25) is 0 Å². The highest BCUT2D eigenvalue weighted by molar-refractivity contribution is 7.22. The molecule has 0 bridgehead atoms. The molecular weight excluding hydrogens is 368 g/mol. The van der Waals surface area contributed by atoms with E-state index in [0.717, 1.165) is 27.6 Å². The van der Waals surface area contributed by atoms with Gasteiger partial charge in [-0.3, -0.25) is 9.69 Å². The van der Waals surface area contributed by atoms with Crippen LogP contribution in [0.4, 0.5) is 10.8 Å². The zero-order chi connectivity index (χ0) is 20.4. The first-order chi connectivity index (χ1) is 13.3. The Bertz CT molecular complexity index is 976. The van der Waals surface area contributed by atoms with E-state index in [-0.39, 0.29) is 5.91 Å². The second-order valence-electron chi connectivity index (χ2n) is 7.63. The van der Waals surface area contributed by atoms with E-state index in [4.69, 9.17) is 4.98 Å². The van der Waals surface area contributed by atoms with Gasteiger partial charge in [-0.05, 0) is 69.4 Å². The Labute approximate surface area is 171 Å². The van der Waals surface area contributed by atoms with E-state index in [1.807, 2.05) is 62.3 Å². The third-order valence-electron chi connectivity index (χ3n) is 4.69. The monoisotopic (exact) mass is 396 g/mol. The third-order valence-corrected chi connectivity index (χ3v) is 5.92. The number of thiazole rings is 1. The van der Waals surface area contributed by atoms with Gasteiger partial charge in [0, 0.05) is 38.4 Å². The molecule has 2 aromatic carbocycles. The molecular formula is C22H28N4OS. The van der Waals surface area contributed by atoms with Gasteiger partial charge in [0.25, 0.3) is 5.91 Å². The van der Waals surface area contributed by atoms with Crippen molar-refractivity contribution in [2.75, 3.05) is 51.1 Å². The predicted octanol–water partition coefficient (Wildman–Crippen LogP) is 4.19. The van der Waals surface area contributed by atoms with Gasteiger partial charge in [-0.2, -0.15) is 0 Å². The number of carbonyl (C=O) groups is 1. The Hall–Kier alpha value is -2.44. The lowest BCUT2D eigenvalue weighted by Crippen LogP contribution is -2.36. The van der Waals surface area contributed by atoms with E-state index in [2.05, 4.69) is 30.9 Å². The molecule has 6 heteroatoms. The quantitative estimate of drug-likeness (QED) is 0.626. The highest BCUT2D eigenvalue weighted by Crippen LogP contribution is 2.32. The minimum atomic E-state index is -0.0133. The maximum Gasteiger partial charge on any atom is 0.260 e. The number of hydrogen-bond acceptors (Lipinski definition) is 5. The first-order valence-electron chi connectivity index (χ1n) is 9.38. The second-order valence-corrected chi connectivity index (χ2v) is 8.61. The van der Waals surface area contributed by atoms with Crippen molar-refractivity contribution in [2.24, 2.45) is 0 Å². The smallest absolute Gasteiger partial charge is 0.260 e. The standard InChI is InChI=1S/C22H28N4OS/c1-15-13-16(2)20-19(14-15)23-22(28-20)26(12-11-24(3)4)21(27)17-7-9-18(10-8-17)25(5)6/h7-10,13-14H,11-12H2,1-6H3. The Morgan fingerprint density at radius 1 is 1.00 bits per heavy atom. The number of carbonyl (C=O) groups excluding carboxylic acids is 1. The molecule has 3 aromatic rings. The molecule has 0 N–H and O–H groups in total. The first-order valence-corrected chi connectivity index (χ1v) is 10.2. The highest BCUT2D eigenvalue weighted by atomic mass is 32.1. The number of rotatable bonds is 6. The van der Waals surface area contributed by atoms with Crippen molar-refractivity contribution in [3.05, 3.63) is 53.1 Å². The zero-order valence-electron chi connectivity index (χ0n) is 17.5. The van der Waals surface area contributed by atoms with E-state index in [1.54, 1.807) is 11.3 Å². The Kier molecular flexibility index (Phi) is 6.01. The van der Waals surface area contributed by atoms with Crippen molar-refractivity contribution in [3.8, 4) is 0 Å². The zero-order valence-corrected chi connectivity index (χ0v) is 18.3. The van der Waals surface area contributed by atoms with Crippen LogP contribution in [0.15, 0.2) is 36.4 Å². The molecule has 1 amide bonds. The van der Waals surface area contributed by atoms with Gasteiger partial charge in [0.15, 0.2) is 5.13 Å².